The van der Waals surface area contributed by atoms with Gasteiger partial charge in [-0.25, -0.2) is 0 Å². The van der Waals surface area contributed by atoms with Crippen LogP contribution in [-0.2, 0) is 22.7 Å². The normalized spacial score (nSPS) is 12.6. The Morgan fingerprint density at radius 3 is 2.10 bits per heavy atom. The summed E-state index contributed by atoms with van der Waals surface area (Å²) in [6, 6.07) is 0. The zero-order chi connectivity index (χ0) is 15.4. The zero-order valence-corrected chi connectivity index (χ0v) is 14.6. The third-order valence-corrected chi connectivity index (χ3v) is 6.13. The molecule has 122 valence electrons. The number of hydrogen-bond donors (Lipinski definition) is 1. The second kappa shape index (κ2) is 12.0. The molecule has 1 N–H and O–H groups in total. The summed E-state index contributed by atoms with van der Waals surface area (Å²) in [5.74, 6) is 0. The van der Waals surface area contributed by atoms with E-state index in [1.54, 1.807) is 14.2 Å². The second-order valence-electron chi connectivity index (χ2n) is 4.04. The van der Waals surface area contributed by atoms with E-state index in [0.717, 1.165) is 19.3 Å². The molecule has 0 saturated heterocycles. The number of hydrogen-bond acceptors (Lipinski definition) is 7. The topological polar surface area (TPSA) is 77.5 Å². The van der Waals surface area contributed by atoms with Gasteiger partial charge in [0.25, 0.3) is 0 Å². The molecule has 0 amide bonds. The fourth-order valence-corrected chi connectivity index (χ4v) is 3.63. The van der Waals surface area contributed by atoms with Crippen molar-refractivity contribution in [3.05, 3.63) is 0 Å². The number of nitrogens with zero attached hydrogens (tertiary/aromatic N) is 1. The van der Waals surface area contributed by atoms with Gasteiger partial charge in [-0.1, -0.05) is 0 Å². The van der Waals surface area contributed by atoms with Crippen LogP contribution in [0.4, 0.5) is 0 Å². The zero-order valence-electron chi connectivity index (χ0n) is 12.8. The van der Waals surface area contributed by atoms with Crippen LogP contribution in [-0.4, -0.2) is 77.0 Å². The quantitative estimate of drug-likeness (QED) is 0.515. The van der Waals surface area contributed by atoms with Gasteiger partial charge in [0.2, 0.25) is 0 Å². The molecule has 0 aliphatic carbocycles. The first kappa shape index (κ1) is 20.4. The maximum atomic E-state index is 12.0. The van der Waals surface area contributed by atoms with E-state index in [1.807, 2.05) is 0 Å². The standard InChI is InChI=1S/C11H27NO6P2/c1-15-19(16-2)10-7-12(6-5-9-13)8-11-20(14,17-3)18-4/h13H,5-11H2,1-4H3. The first-order chi connectivity index (χ1) is 9.55. The van der Waals surface area contributed by atoms with Crippen LogP contribution >= 0.6 is 16.0 Å². The minimum atomic E-state index is -2.99. The molecule has 0 aromatic rings. The molecule has 0 rings (SSSR count). The Morgan fingerprint density at radius 1 is 1.05 bits per heavy atom. The van der Waals surface area contributed by atoms with Crippen molar-refractivity contribution in [2.45, 2.75) is 6.42 Å². The molecule has 0 radical (unpaired) electrons. The van der Waals surface area contributed by atoms with Crippen molar-refractivity contribution in [2.24, 2.45) is 0 Å². The molecule has 7 nitrogen and oxygen atoms in total. The van der Waals surface area contributed by atoms with Gasteiger partial charge in [-0.15, -0.1) is 0 Å². The molecule has 0 fully saturated rings. The van der Waals surface area contributed by atoms with E-state index >= 15 is 0 Å². The summed E-state index contributed by atoms with van der Waals surface area (Å²) < 4.78 is 32.3. The molecule has 0 aliphatic heterocycles. The van der Waals surface area contributed by atoms with Gasteiger partial charge < -0.3 is 28.1 Å². The van der Waals surface area contributed by atoms with Crippen LogP contribution in [0.5, 0.6) is 0 Å². The van der Waals surface area contributed by atoms with Crippen molar-refractivity contribution in [1.29, 1.82) is 0 Å². The minimum Gasteiger partial charge on any atom is -0.396 e. The van der Waals surface area contributed by atoms with Crippen LogP contribution < -0.4 is 0 Å². The maximum Gasteiger partial charge on any atom is 0.331 e. The molecular weight excluding hydrogens is 304 g/mol. The lowest BCUT2D eigenvalue weighted by molar-refractivity contribution is 0.227. The van der Waals surface area contributed by atoms with Gasteiger partial charge in [-0.05, 0) is 6.42 Å². The Bertz CT molecular complexity index is 270. The molecule has 0 aromatic carbocycles. The van der Waals surface area contributed by atoms with Gasteiger partial charge in [-0.2, -0.15) is 0 Å². The first-order valence-corrected chi connectivity index (χ1v) is 9.53. The molecule has 0 aromatic heterocycles. The van der Waals surface area contributed by atoms with Crippen LogP contribution in [0.2, 0.25) is 0 Å². The molecule has 0 heterocycles. The van der Waals surface area contributed by atoms with Crippen LogP contribution in [0.3, 0.4) is 0 Å². The lowest BCUT2D eigenvalue weighted by Gasteiger charge is -2.25. The highest BCUT2D eigenvalue weighted by molar-refractivity contribution is 7.53. The fraction of sp³-hybridized carbons (Fsp3) is 1.00. The van der Waals surface area contributed by atoms with Crippen LogP contribution in [0, 0.1) is 0 Å². The Hall–Kier alpha value is 0.420. The largest absolute Gasteiger partial charge is 0.396 e. The predicted molar refractivity (Wildman–Crippen MR) is 80.4 cm³/mol. The molecule has 0 atom stereocenters. The average Bonchev–Trinajstić information content (AvgIpc) is 2.49. The Morgan fingerprint density at radius 2 is 1.65 bits per heavy atom. The van der Waals surface area contributed by atoms with E-state index < -0.39 is 16.0 Å². The molecular formula is C11H27NO6P2. The van der Waals surface area contributed by atoms with E-state index in [0.29, 0.717) is 19.1 Å². The van der Waals surface area contributed by atoms with Gasteiger partial charge in [0.05, 0.1) is 6.16 Å². The Balaban J connectivity index is 4.30. The average molecular weight is 331 g/mol. The highest BCUT2D eigenvalue weighted by Crippen LogP contribution is 2.46. The third-order valence-electron chi connectivity index (χ3n) is 2.88. The van der Waals surface area contributed by atoms with E-state index in [2.05, 4.69) is 4.90 Å². The van der Waals surface area contributed by atoms with Crippen molar-refractivity contribution in [3.8, 4) is 0 Å². The van der Waals surface area contributed by atoms with E-state index in [-0.39, 0.29) is 6.61 Å². The van der Waals surface area contributed by atoms with Gasteiger partial charge in [0.1, 0.15) is 0 Å². The van der Waals surface area contributed by atoms with Gasteiger partial charge >= 0.3 is 7.60 Å². The second-order valence-corrected chi connectivity index (χ2v) is 8.28. The molecule has 0 spiro atoms. The highest BCUT2D eigenvalue weighted by atomic mass is 31.2. The van der Waals surface area contributed by atoms with Crippen molar-refractivity contribution in [1.82, 2.24) is 4.90 Å². The van der Waals surface area contributed by atoms with E-state index in [4.69, 9.17) is 23.2 Å². The predicted octanol–water partition coefficient (Wildman–Crippen LogP) is 1.76. The summed E-state index contributed by atoms with van der Waals surface area (Å²) in [7, 11) is 2.14. The van der Waals surface area contributed by atoms with Crippen LogP contribution in [0.1, 0.15) is 6.42 Å². The monoisotopic (exact) mass is 331 g/mol. The van der Waals surface area contributed by atoms with Crippen molar-refractivity contribution >= 4 is 16.0 Å². The van der Waals surface area contributed by atoms with E-state index in [1.165, 1.54) is 14.2 Å². The van der Waals surface area contributed by atoms with E-state index in [9.17, 15) is 4.57 Å². The fourth-order valence-electron chi connectivity index (χ4n) is 1.63. The number of aliphatic hydroxyl groups excluding tert-OH is 1. The molecule has 0 aliphatic rings. The number of aliphatic hydroxyl groups is 1. The van der Waals surface area contributed by atoms with Crippen LogP contribution in [0.25, 0.3) is 0 Å². The maximum absolute atomic E-state index is 12.0. The van der Waals surface area contributed by atoms with Gasteiger partial charge in [0.15, 0.2) is 8.38 Å². The minimum absolute atomic E-state index is 0.131. The summed E-state index contributed by atoms with van der Waals surface area (Å²) in [6.45, 7) is 2.18. The summed E-state index contributed by atoms with van der Waals surface area (Å²) in [5.41, 5.74) is 0. The summed E-state index contributed by atoms with van der Waals surface area (Å²) in [4.78, 5) is 2.11. The number of rotatable bonds is 13. The van der Waals surface area contributed by atoms with Gasteiger partial charge in [0, 0.05) is 60.8 Å². The smallest absolute Gasteiger partial charge is 0.331 e. The van der Waals surface area contributed by atoms with Crippen LogP contribution in [0.15, 0.2) is 0 Å². The Labute approximate surface area is 123 Å². The van der Waals surface area contributed by atoms with Crippen molar-refractivity contribution < 1.29 is 27.8 Å². The lowest BCUT2D eigenvalue weighted by Crippen LogP contribution is -2.31. The first-order valence-electron chi connectivity index (χ1n) is 6.44. The van der Waals surface area contributed by atoms with Gasteiger partial charge in [-0.3, -0.25) is 4.57 Å². The molecule has 9 heteroatoms. The van der Waals surface area contributed by atoms with Crippen molar-refractivity contribution in [3.63, 3.8) is 0 Å². The summed E-state index contributed by atoms with van der Waals surface area (Å²) in [6.07, 6.45) is 1.75. The molecule has 0 saturated carbocycles. The Kier molecular flexibility index (Phi) is 12.3. The summed E-state index contributed by atoms with van der Waals surface area (Å²) >= 11 is 0. The molecule has 0 bridgehead atoms. The SMILES string of the molecule is COP(CCN(CCCO)CCP(=O)(OC)OC)OC. The van der Waals surface area contributed by atoms with Crippen molar-refractivity contribution in [2.75, 3.05) is 67.0 Å². The lowest BCUT2D eigenvalue weighted by atomic mass is 10.4. The highest BCUT2D eigenvalue weighted by Gasteiger charge is 2.22. The summed E-state index contributed by atoms with van der Waals surface area (Å²) in [5, 5.41) is 8.93. The third kappa shape index (κ3) is 8.65. The molecule has 0 unspecified atom stereocenters. The molecule has 20 heavy (non-hydrogen) atoms.